The molecule has 156 valence electrons. The van der Waals surface area contributed by atoms with Crippen LogP contribution in [0.2, 0.25) is 0 Å². The molecule has 2 aromatic heterocycles. The molecule has 1 N–H and O–H groups in total. The number of ketones is 1. The van der Waals surface area contributed by atoms with Gasteiger partial charge in [0.1, 0.15) is 23.9 Å². The third-order valence-electron chi connectivity index (χ3n) is 4.96. The minimum absolute atomic E-state index is 0.0162. The molecule has 3 aromatic rings. The van der Waals surface area contributed by atoms with Crippen molar-refractivity contribution in [3.05, 3.63) is 102 Å². The molecule has 0 radical (unpaired) electrons. The van der Waals surface area contributed by atoms with Crippen molar-refractivity contribution in [3.63, 3.8) is 0 Å². The van der Waals surface area contributed by atoms with Crippen LogP contribution in [0.4, 0.5) is 0 Å². The number of hydrogen-bond acceptors (Lipinski definition) is 6. The average Bonchev–Trinajstić information content (AvgIpc) is 3.40. The van der Waals surface area contributed by atoms with E-state index < -0.39 is 17.7 Å². The highest BCUT2D eigenvalue weighted by Crippen LogP contribution is 2.40. The fourth-order valence-electron chi connectivity index (χ4n) is 3.53. The van der Waals surface area contributed by atoms with E-state index in [0.717, 1.165) is 0 Å². The molecular weight excluding hydrogens is 396 g/mol. The van der Waals surface area contributed by atoms with E-state index in [1.165, 1.54) is 11.2 Å². The Hall–Kier alpha value is -4.13. The van der Waals surface area contributed by atoms with Crippen LogP contribution >= 0.6 is 0 Å². The maximum Gasteiger partial charge on any atom is 0.296 e. The predicted octanol–water partition coefficient (Wildman–Crippen LogP) is 3.86. The molecule has 7 nitrogen and oxygen atoms in total. The second-order valence-corrected chi connectivity index (χ2v) is 6.91. The van der Waals surface area contributed by atoms with Crippen molar-refractivity contribution in [2.75, 3.05) is 6.61 Å². The van der Waals surface area contributed by atoms with E-state index in [1.807, 2.05) is 0 Å². The first kappa shape index (κ1) is 20.2. The first-order valence-electron chi connectivity index (χ1n) is 9.65. The Bertz CT molecular complexity index is 1120. The lowest BCUT2D eigenvalue weighted by atomic mass is 9.96. The molecule has 1 saturated heterocycles. The molecule has 1 amide bonds. The number of nitrogens with zero attached hydrogens (tertiary/aromatic N) is 2. The number of amides is 1. The number of ether oxygens (including phenoxy) is 1. The largest absolute Gasteiger partial charge is 0.507 e. The van der Waals surface area contributed by atoms with Gasteiger partial charge < -0.3 is 19.2 Å². The second-order valence-electron chi connectivity index (χ2n) is 6.91. The third-order valence-corrected chi connectivity index (χ3v) is 4.96. The first-order chi connectivity index (χ1) is 15.1. The topological polar surface area (TPSA) is 92.9 Å². The Labute approximate surface area is 178 Å². The number of carbonyl (C=O) groups is 2. The number of furan rings is 1. The maximum atomic E-state index is 13.0. The Balaban J connectivity index is 1.77. The normalized spacial score (nSPS) is 17.7. The van der Waals surface area contributed by atoms with Crippen molar-refractivity contribution < 1.29 is 23.8 Å². The second kappa shape index (κ2) is 8.71. The van der Waals surface area contributed by atoms with Crippen LogP contribution in [-0.4, -0.2) is 33.3 Å². The van der Waals surface area contributed by atoms with Crippen molar-refractivity contribution in [1.82, 2.24) is 9.88 Å². The molecule has 31 heavy (non-hydrogen) atoms. The van der Waals surface area contributed by atoms with E-state index in [2.05, 4.69) is 11.6 Å². The van der Waals surface area contributed by atoms with Gasteiger partial charge in [-0.1, -0.05) is 12.7 Å². The highest BCUT2D eigenvalue weighted by molar-refractivity contribution is 6.46. The van der Waals surface area contributed by atoms with Crippen LogP contribution in [0.3, 0.4) is 0 Å². The van der Waals surface area contributed by atoms with E-state index in [4.69, 9.17) is 9.15 Å². The molecule has 1 fully saturated rings. The van der Waals surface area contributed by atoms with Gasteiger partial charge in [0, 0.05) is 18.0 Å². The Morgan fingerprint density at radius 2 is 1.90 bits per heavy atom. The highest BCUT2D eigenvalue weighted by Gasteiger charge is 2.46. The summed E-state index contributed by atoms with van der Waals surface area (Å²) in [7, 11) is 0. The number of aliphatic hydroxyl groups is 1. The first-order valence-corrected chi connectivity index (χ1v) is 9.65. The summed E-state index contributed by atoms with van der Waals surface area (Å²) in [6.07, 6.45) is 6.29. The molecule has 1 aliphatic rings. The zero-order valence-corrected chi connectivity index (χ0v) is 16.6. The number of Topliss-reactive ketones (excluding diaryl/α,β-unsaturated/α-hetero) is 1. The van der Waals surface area contributed by atoms with Crippen molar-refractivity contribution >= 4 is 17.4 Å². The van der Waals surface area contributed by atoms with Gasteiger partial charge in [0.25, 0.3) is 11.7 Å². The van der Waals surface area contributed by atoms with E-state index in [-0.39, 0.29) is 17.9 Å². The number of rotatable bonds is 7. The molecule has 0 bridgehead atoms. The van der Waals surface area contributed by atoms with Crippen molar-refractivity contribution in [1.29, 1.82) is 0 Å². The minimum Gasteiger partial charge on any atom is -0.507 e. The fraction of sp³-hybridized carbons (Fsp3) is 0.125. The minimum atomic E-state index is -0.773. The van der Waals surface area contributed by atoms with Gasteiger partial charge in [-0.25, -0.2) is 0 Å². The summed E-state index contributed by atoms with van der Waals surface area (Å²) in [5.41, 5.74) is 1.08. The van der Waals surface area contributed by atoms with Crippen LogP contribution in [0.15, 0.2) is 89.8 Å². The molecule has 1 aromatic carbocycles. The van der Waals surface area contributed by atoms with Gasteiger partial charge >= 0.3 is 0 Å². The Kier molecular flexibility index (Phi) is 5.66. The highest BCUT2D eigenvalue weighted by atomic mass is 16.5. The van der Waals surface area contributed by atoms with Crippen LogP contribution in [0, 0.1) is 0 Å². The summed E-state index contributed by atoms with van der Waals surface area (Å²) < 4.78 is 10.8. The number of likely N-dealkylation sites (tertiary alicyclic amines) is 1. The molecule has 0 spiro atoms. The zero-order valence-electron chi connectivity index (χ0n) is 16.6. The smallest absolute Gasteiger partial charge is 0.296 e. The zero-order chi connectivity index (χ0) is 21.8. The van der Waals surface area contributed by atoms with E-state index in [9.17, 15) is 14.7 Å². The summed E-state index contributed by atoms with van der Waals surface area (Å²) in [6, 6.07) is 12.7. The molecule has 1 aliphatic heterocycles. The predicted molar refractivity (Wildman–Crippen MR) is 113 cm³/mol. The number of aromatic nitrogens is 1. The molecule has 0 saturated carbocycles. The molecule has 7 heteroatoms. The molecular formula is C24H20N2O5. The van der Waals surface area contributed by atoms with Crippen molar-refractivity contribution in [3.8, 4) is 5.75 Å². The Morgan fingerprint density at radius 3 is 2.55 bits per heavy atom. The summed E-state index contributed by atoms with van der Waals surface area (Å²) in [4.78, 5) is 31.2. The molecule has 4 rings (SSSR count). The average molecular weight is 416 g/mol. The van der Waals surface area contributed by atoms with Crippen LogP contribution in [-0.2, 0) is 16.1 Å². The number of benzene rings is 1. The number of pyridine rings is 1. The quantitative estimate of drug-likeness (QED) is 0.272. The summed E-state index contributed by atoms with van der Waals surface area (Å²) >= 11 is 0. The lowest BCUT2D eigenvalue weighted by molar-refractivity contribution is -0.140. The fourth-order valence-corrected chi connectivity index (χ4v) is 3.53. The number of hydrogen-bond donors (Lipinski definition) is 1. The molecule has 1 atom stereocenters. The van der Waals surface area contributed by atoms with Gasteiger partial charge in [0.2, 0.25) is 0 Å². The SMILES string of the molecule is C=CCOc1ccc(C(O)=C2C(=O)C(=O)N(Cc3ccco3)[C@H]2c2ccncc2)cc1. The van der Waals surface area contributed by atoms with E-state index in [0.29, 0.717) is 29.2 Å². The number of carbonyl (C=O) groups excluding carboxylic acids is 2. The van der Waals surface area contributed by atoms with Crippen molar-refractivity contribution in [2.24, 2.45) is 0 Å². The lowest BCUT2D eigenvalue weighted by Crippen LogP contribution is -2.29. The molecule has 0 unspecified atom stereocenters. The van der Waals surface area contributed by atoms with Crippen LogP contribution in [0.25, 0.3) is 5.76 Å². The third kappa shape index (κ3) is 3.98. The van der Waals surface area contributed by atoms with Gasteiger partial charge in [-0.05, 0) is 54.1 Å². The van der Waals surface area contributed by atoms with E-state index in [1.54, 1.807) is 67.0 Å². The van der Waals surface area contributed by atoms with Crippen LogP contribution in [0.1, 0.15) is 22.9 Å². The van der Waals surface area contributed by atoms with Crippen molar-refractivity contribution in [2.45, 2.75) is 12.6 Å². The van der Waals surface area contributed by atoms with Gasteiger partial charge in [0.15, 0.2) is 0 Å². The van der Waals surface area contributed by atoms with Gasteiger partial charge in [-0.15, -0.1) is 0 Å². The van der Waals surface area contributed by atoms with Crippen LogP contribution in [0.5, 0.6) is 5.75 Å². The van der Waals surface area contributed by atoms with Gasteiger partial charge in [-0.3, -0.25) is 14.6 Å². The van der Waals surface area contributed by atoms with Gasteiger partial charge in [0.05, 0.1) is 24.4 Å². The summed E-state index contributed by atoms with van der Waals surface area (Å²) in [5.74, 6) is -0.578. The van der Waals surface area contributed by atoms with Crippen LogP contribution < -0.4 is 4.74 Å². The maximum absolute atomic E-state index is 13.0. The van der Waals surface area contributed by atoms with Gasteiger partial charge in [-0.2, -0.15) is 0 Å². The standard InChI is InChI=1S/C24H20N2O5/c1-2-13-30-18-7-5-17(6-8-18)22(27)20-21(16-9-11-25-12-10-16)26(24(29)23(20)28)15-19-4-3-14-31-19/h2-12,14,21,27H,1,13,15H2/t21-/m0/s1. The number of aliphatic hydroxyl groups excluding tert-OH is 1. The Morgan fingerprint density at radius 1 is 1.16 bits per heavy atom. The molecule has 0 aliphatic carbocycles. The summed E-state index contributed by atoms with van der Waals surface area (Å²) in [6.45, 7) is 4.05. The van der Waals surface area contributed by atoms with E-state index >= 15 is 0 Å². The lowest BCUT2D eigenvalue weighted by Gasteiger charge is -2.24. The monoisotopic (exact) mass is 416 g/mol. The molecule has 3 heterocycles. The summed E-state index contributed by atoms with van der Waals surface area (Å²) in [5, 5.41) is 11.0.